The zero-order valence-corrected chi connectivity index (χ0v) is 12.0. The molecule has 2 nitrogen and oxygen atoms in total. The van der Waals surface area contributed by atoms with Crippen molar-refractivity contribution in [2.45, 2.75) is 64.8 Å². The van der Waals surface area contributed by atoms with Crippen LogP contribution < -0.4 is 5.32 Å². The molecule has 0 aliphatic heterocycles. The lowest BCUT2D eigenvalue weighted by Gasteiger charge is -2.21. The van der Waals surface area contributed by atoms with Gasteiger partial charge in [-0.15, -0.1) is 11.3 Å². The number of hydrogen-bond donors (Lipinski definition) is 1. The molecule has 0 bridgehead atoms. The van der Waals surface area contributed by atoms with E-state index in [0.717, 1.165) is 5.13 Å². The molecule has 1 unspecified atom stereocenters. The van der Waals surface area contributed by atoms with Crippen LogP contribution in [-0.4, -0.2) is 10.5 Å². The smallest absolute Gasteiger partial charge is 0.183 e. The van der Waals surface area contributed by atoms with E-state index in [-0.39, 0.29) is 5.54 Å². The van der Waals surface area contributed by atoms with E-state index in [2.05, 4.69) is 46.9 Å². The van der Waals surface area contributed by atoms with E-state index in [1.165, 1.54) is 17.0 Å². The standard InChI is InChI=1S/C13H22N2S/c1-8-7-13(5,6)10-9(8)14-11(16-10)15-12(2,3)4/h8H,7H2,1-6H3,(H,14,15). The second-order valence-electron chi connectivity index (χ2n) is 6.60. The van der Waals surface area contributed by atoms with Crippen molar-refractivity contribution in [2.24, 2.45) is 0 Å². The summed E-state index contributed by atoms with van der Waals surface area (Å²) in [5.41, 5.74) is 1.73. The van der Waals surface area contributed by atoms with Gasteiger partial charge in [-0.2, -0.15) is 0 Å². The van der Waals surface area contributed by atoms with Crippen molar-refractivity contribution in [2.75, 3.05) is 5.32 Å². The van der Waals surface area contributed by atoms with E-state index >= 15 is 0 Å². The third-order valence-electron chi connectivity index (χ3n) is 3.03. The van der Waals surface area contributed by atoms with Gasteiger partial charge in [0, 0.05) is 21.7 Å². The van der Waals surface area contributed by atoms with Crippen molar-refractivity contribution in [3.8, 4) is 0 Å². The number of thiazole rings is 1. The van der Waals surface area contributed by atoms with Crippen LogP contribution in [0.25, 0.3) is 0 Å². The molecule has 0 aromatic carbocycles. The largest absolute Gasteiger partial charge is 0.357 e. The Morgan fingerprint density at radius 2 is 2.00 bits per heavy atom. The molecule has 1 aromatic heterocycles. The first kappa shape index (κ1) is 11.9. The molecule has 0 saturated heterocycles. The van der Waals surface area contributed by atoms with Crippen molar-refractivity contribution in [3.05, 3.63) is 10.6 Å². The molecular weight excluding hydrogens is 216 g/mol. The van der Waals surface area contributed by atoms with E-state index in [1.807, 2.05) is 11.3 Å². The van der Waals surface area contributed by atoms with Crippen LogP contribution in [0.3, 0.4) is 0 Å². The van der Waals surface area contributed by atoms with Gasteiger partial charge in [-0.1, -0.05) is 20.8 Å². The number of aromatic nitrogens is 1. The van der Waals surface area contributed by atoms with Crippen molar-refractivity contribution in [3.63, 3.8) is 0 Å². The van der Waals surface area contributed by atoms with Gasteiger partial charge >= 0.3 is 0 Å². The number of nitrogens with zero attached hydrogens (tertiary/aromatic N) is 1. The summed E-state index contributed by atoms with van der Waals surface area (Å²) in [6.07, 6.45) is 1.23. The van der Waals surface area contributed by atoms with E-state index < -0.39 is 0 Å². The number of rotatable bonds is 1. The summed E-state index contributed by atoms with van der Waals surface area (Å²) in [6, 6.07) is 0. The van der Waals surface area contributed by atoms with Crippen LogP contribution >= 0.6 is 11.3 Å². The van der Waals surface area contributed by atoms with Gasteiger partial charge in [-0.05, 0) is 27.2 Å². The van der Waals surface area contributed by atoms with Crippen LogP contribution in [0.15, 0.2) is 0 Å². The van der Waals surface area contributed by atoms with E-state index in [1.54, 1.807) is 0 Å². The van der Waals surface area contributed by atoms with Crippen LogP contribution in [0.1, 0.15) is 64.5 Å². The summed E-state index contributed by atoms with van der Waals surface area (Å²) >= 11 is 1.84. The van der Waals surface area contributed by atoms with Crippen LogP contribution in [0.2, 0.25) is 0 Å². The first-order chi connectivity index (χ1) is 7.19. The Morgan fingerprint density at radius 3 is 2.50 bits per heavy atom. The number of nitrogens with one attached hydrogen (secondary N) is 1. The highest BCUT2D eigenvalue weighted by molar-refractivity contribution is 7.16. The van der Waals surface area contributed by atoms with Gasteiger partial charge in [0.2, 0.25) is 0 Å². The molecule has 1 atom stereocenters. The lowest BCUT2D eigenvalue weighted by atomic mass is 9.91. The summed E-state index contributed by atoms with van der Waals surface area (Å²) in [4.78, 5) is 6.24. The predicted octanol–water partition coefficient (Wildman–Crippen LogP) is 4.14. The Morgan fingerprint density at radius 1 is 1.38 bits per heavy atom. The van der Waals surface area contributed by atoms with E-state index in [4.69, 9.17) is 4.98 Å². The minimum absolute atomic E-state index is 0.0962. The summed E-state index contributed by atoms with van der Waals surface area (Å²) in [6.45, 7) is 13.5. The first-order valence-corrected chi connectivity index (χ1v) is 6.80. The summed E-state index contributed by atoms with van der Waals surface area (Å²) in [5.74, 6) is 0.608. The second kappa shape index (κ2) is 3.46. The molecule has 2 rings (SSSR count). The normalized spacial score (nSPS) is 23.2. The van der Waals surface area contributed by atoms with Gasteiger partial charge in [0.1, 0.15) is 0 Å². The van der Waals surface area contributed by atoms with Gasteiger partial charge < -0.3 is 5.32 Å². The van der Waals surface area contributed by atoms with Crippen molar-refractivity contribution in [1.82, 2.24) is 4.98 Å². The number of anilines is 1. The van der Waals surface area contributed by atoms with Crippen LogP contribution in [0.4, 0.5) is 5.13 Å². The fourth-order valence-electron chi connectivity index (χ4n) is 2.48. The van der Waals surface area contributed by atoms with E-state index in [0.29, 0.717) is 11.3 Å². The SMILES string of the molecule is CC1CC(C)(C)c2sc(NC(C)(C)C)nc21. The fourth-order valence-corrected chi connectivity index (χ4v) is 3.89. The molecule has 1 aromatic rings. The Kier molecular flexibility index (Phi) is 2.57. The maximum atomic E-state index is 4.76. The Hall–Kier alpha value is -0.570. The summed E-state index contributed by atoms with van der Waals surface area (Å²) < 4.78 is 0. The highest BCUT2D eigenvalue weighted by Crippen LogP contribution is 2.49. The Bertz CT molecular complexity index is 399. The zero-order chi connectivity index (χ0) is 12.1. The minimum atomic E-state index is 0.0962. The van der Waals surface area contributed by atoms with E-state index in [9.17, 15) is 0 Å². The monoisotopic (exact) mass is 238 g/mol. The molecule has 0 saturated carbocycles. The highest BCUT2D eigenvalue weighted by Gasteiger charge is 2.38. The molecule has 3 heteroatoms. The molecule has 90 valence electrons. The molecule has 1 aliphatic carbocycles. The van der Waals surface area contributed by atoms with Gasteiger partial charge in [-0.3, -0.25) is 0 Å². The highest BCUT2D eigenvalue weighted by atomic mass is 32.1. The summed E-state index contributed by atoms with van der Waals surface area (Å²) in [5, 5.41) is 4.56. The molecule has 0 radical (unpaired) electrons. The van der Waals surface area contributed by atoms with Crippen molar-refractivity contribution < 1.29 is 0 Å². The van der Waals surface area contributed by atoms with Crippen LogP contribution in [-0.2, 0) is 5.41 Å². The minimum Gasteiger partial charge on any atom is -0.357 e. The van der Waals surface area contributed by atoms with Gasteiger partial charge in [0.15, 0.2) is 5.13 Å². The van der Waals surface area contributed by atoms with Crippen molar-refractivity contribution in [1.29, 1.82) is 0 Å². The summed E-state index contributed by atoms with van der Waals surface area (Å²) in [7, 11) is 0. The zero-order valence-electron chi connectivity index (χ0n) is 11.1. The third kappa shape index (κ3) is 2.10. The molecule has 1 heterocycles. The quantitative estimate of drug-likeness (QED) is 0.795. The lowest BCUT2D eigenvalue weighted by Crippen LogP contribution is -2.26. The number of hydrogen-bond acceptors (Lipinski definition) is 3. The average Bonchev–Trinajstić information content (AvgIpc) is 2.51. The number of fused-ring (bicyclic) bond motifs is 1. The van der Waals surface area contributed by atoms with Crippen LogP contribution in [0.5, 0.6) is 0 Å². The molecular formula is C13H22N2S. The van der Waals surface area contributed by atoms with Gasteiger partial charge in [0.25, 0.3) is 0 Å². The Balaban J connectivity index is 2.32. The van der Waals surface area contributed by atoms with Crippen molar-refractivity contribution >= 4 is 16.5 Å². The molecule has 0 fully saturated rings. The molecule has 0 spiro atoms. The molecule has 1 N–H and O–H groups in total. The second-order valence-corrected chi connectivity index (χ2v) is 7.60. The fraction of sp³-hybridized carbons (Fsp3) is 0.769. The molecule has 16 heavy (non-hydrogen) atoms. The molecule has 0 amide bonds. The Labute approximate surface area is 102 Å². The first-order valence-electron chi connectivity index (χ1n) is 5.98. The van der Waals surface area contributed by atoms with Crippen LogP contribution in [0, 0.1) is 0 Å². The molecule has 1 aliphatic rings. The maximum absolute atomic E-state index is 4.76. The predicted molar refractivity (Wildman–Crippen MR) is 71.5 cm³/mol. The third-order valence-corrected chi connectivity index (χ3v) is 4.39. The maximum Gasteiger partial charge on any atom is 0.183 e. The lowest BCUT2D eigenvalue weighted by molar-refractivity contribution is 0.493. The topological polar surface area (TPSA) is 24.9 Å². The van der Waals surface area contributed by atoms with Gasteiger partial charge in [0.05, 0.1) is 5.69 Å². The average molecular weight is 238 g/mol. The van der Waals surface area contributed by atoms with Gasteiger partial charge in [-0.25, -0.2) is 4.98 Å².